The molecule has 4 heteroatoms. The fourth-order valence-electron chi connectivity index (χ4n) is 1.80. The van der Waals surface area contributed by atoms with E-state index in [0.29, 0.717) is 6.54 Å². The van der Waals surface area contributed by atoms with Crippen molar-refractivity contribution >= 4 is 5.91 Å². The number of nitrogens with one attached hydrogen (secondary N) is 2. The van der Waals surface area contributed by atoms with Crippen molar-refractivity contribution in [2.45, 2.75) is 51.7 Å². The van der Waals surface area contributed by atoms with Crippen LogP contribution >= 0.6 is 0 Å². The zero-order chi connectivity index (χ0) is 11.8. The van der Waals surface area contributed by atoms with Crippen molar-refractivity contribution in [3.63, 3.8) is 0 Å². The van der Waals surface area contributed by atoms with Crippen LogP contribution in [0.5, 0.6) is 0 Å². The highest BCUT2D eigenvalue weighted by Gasteiger charge is 2.19. The fraction of sp³-hybridized carbons (Fsp3) is 0.917. The van der Waals surface area contributed by atoms with E-state index in [0.717, 1.165) is 32.4 Å². The molecule has 4 nitrogen and oxygen atoms in total. The third-order valence-electron chi connectivity index (χ3n) is 2.70. The van der Waals surface area contributed by atoms with Gasteiger partial charge in [0, 0.05) is 13.2 Å². The summed E-state index contributed by atoms with van der Waals surface area (Å²) in [6.07, 6.45) is 4.47. The van der Waals surface area contributed by atoms with Gasteiger partial charge in [-0.1, -0.05) is 6.42 Å². The molecule has 1 fully saturated rings. The van der Waals surface area contributed by atoms with Gasteiger partial charge in [-0.05, 0) is 39.7 Å². The number of ether oxygens (including phenoxy) is 1. The first-order valence-corrected chi connectivity index (χ1v) is 6.33. The Morgan fingerprint density at radius 1 is 1.50 bits per heavy atom. The first-order chi connectivity index (χ1) is 7.70. The SMILES string of the molecule is CC(C)OCCCNC(=O)C1CCCCN1. The predicted octanol–water partition coefficient (Wildman–Crippen LogP) is 1.06. The van der Waals surface area contributed by atoms with Crippen molar-refractivity contribution in [3.8, 4) is 0 Å². The summed E-state index contributed by atoms with van der Waals surface area (Å²) in [6.45, 7) is 6.43. The molecule has 0 saturated carbocycles. The molecule has 2 N–H and O–H groups in total. The topological polar surface area (TPSA) is 50.4 Å². The summed E-state index contributed by atoms with van der Waals surface area (Å²) in [7, 11) is 0. The summed E-state index contributed by atoms with van der Waals surface area (Å²) in [4.78, 5) is 11.7. The second-order valence-electron chi connectivity index (χ2n) is 4.57. The molecule has 0 aromatic carbocycles. The molecule has 94 valence electrons. The number of carbonyl (C=O) groups is 1. The Labute approximate surface area is 98.1 Å². The monoisotopic (exact) mass is 228 g/mol. The summed E-state index contributed by atoms with van der Waals surface area (Å²) < 4.78 is 5.40. The molecule has 1 aliphatic heterocycles. The smallest absolute Gasteiger partial charge is 0.237 e. The van der Waals surface area contributed by atoms with Crippen LogP contribution < -0.4 is 10.6 Å². The van der Waals surface area contributed by atoms with Gasteiger partial charge in [0.1, 0.15) is 0 Å². The standard InChI is InChI=1S/C12H24N2O2/c1-10(2)16-9-5-8-14-12(15)11-6-3-4-7-13-11/h10-11,13H,3-9H2,1-2H3,(H,14,15). The Balaban J connectivity index is 2.01. The molecule has 0 aliphatic carbocycles. The van der Waals surface area contributed by atoms with Gasteiger partial charge in [0.2, 0.25) is 5.91 Å². The first kappa shape index (κ1) is 13.5. The molecule has 0 spiro atoms. The largest absolute Gasteiger partial charge is 0.379 e. The highest BCUT2D eigenvalue weighted by molar-refractivity contribution is 5.81. The average molecular weight is 228 g/mol. The van der Waals surface area contributed by atoms with Crippen LogP contribution in [0.25, 0.3) is 0 Å². The molecule has 0 radical (unpaired) electrons. The van der Waals surface area contributed by atoms with Gasteiger partial charge in [-0.3, -0.25) is 4.79 Å². The molecule has 1 heterocycles. The maximum absolute atomic E-state index is 11.7. The van der Waals surface area contributed by atoms with Crippen LogP contribution in [0, 0.1) is 0 Å². The Kier molecular flexibility index (Phi) is 6.42. The Morgan fingerprint density at radius 3 is 2.94 bits per heavy atom. The fourth-order valence-corrected chi connectivity index (χ4v) is 1.80. The van der Waals surface area contributed by atoms with Crippen LogP contribution in [-0.4, -0.2) is 37.7 Å². The second kappa shape index (κ2) is 7.63. The second-order valence-corrected chi connectivity index (χ2v) is 4.57. The quantitative estimate of drug-likeness (QED) is 0.668. The minimum absolute atomic E-state index is 0.0276. The van der Waals surface area contributed by atoms with Crippen LogP contribution in [0.3, 0.4) is 0 Å². The van der Waals surface area contributed by atoms with Crippen LogP contribution in [0.15, 0.2) is 0 Å². The van der Waals surface area contributed by atoms with Gasteiger partial charge in [-0.15, -0.1) is 0 Å². The van der Waals surface area contributed by atoms with Crippen molar-refractivity contribution in [2.75, 3.05) is 19.7 Å². The van der Waals surface area contributed by atoms with Gasteiger partial charge >= 0.3 is 0 Å². The van der Waals surface area contributed by atoms with Crippen molar-refractivity contribution in [1.82, 2.24) is 10.6 Å². The van der Waals surface area contributed by atoms with E-state index in [1.165, 1.54) is 6.42 Å². The summed E-state index contributed by atoms with van der Waals surface area (Å²) in [5.41, 5.74) is 0. The van der Waals surface area contributed by atoms with Crippen LogP contribution in [-0.2, 0) is 9.53 Å². The van der Waals surface area contributed by atoms with E-state index in [2.05, 4.69) is 10.6 Å². The lowest BCUT2D eigenvalue weighted by molar-refractivity contribution is -0.123. The maximum atomic E-state index is 11.7. The maximum Gasteiger partial charge on any atom is 0.237 e. The van der Waals surface area contributed by atoms with Gasteiger partial charge in [0.05, 0.1) is 12.1 Å². The lowest BCUT2D eigenvalue weighted by atomic mass is 10.0. The molecule has 0 aromatic rings. The van der Waals surface area contributed by atoms with Gasteiger partial charge in [-0.25, -0.2) is 0 Å². The third-order valence-corrected chi connectivity index (χ3v) is 2.70. The summed E-state index contributed by atoms with van der Waals surface area (Å²) in [6, 6.07) is 0.0276. The van der Waals surface area contributed by atoms with Crippen LogP contribution in [0.1, 0.15) is 39.5 Å². The molecule has 1 rings (SSSR count). The normalized spacial score (nSPS) is 21.1. The Bertz CT molecular complexity index is 201. The van der Waals surface area contributed by atoms with Gasteiger partial charge in [0.25, 0.3) is 0 Å². The van der Waals surface area contributed by atoms with Gasteiger partial charge in [0.15, 0.2) is 0 Å². The zero-order valence-corrected chi connectivity index (χ0v) is 10.4. The number of carbonyl (C=O) groups excluding carboxylic acids is 1. The van der Waals surface area contributed by atoms with E-state index in [1.807, 2.05) is 13.8 Å². The van der Waals surface area contributed by atoms with Gasteiger partial charge in [-0.2, -0.15) is 0 Å². The minimum atomic E-state index is 0.0276. The highest BCUT2D eigenvalue weighted by Crippen LogP contribution is 2.06. The third kappa shape index (κ3) is 5.47. The van der Waals surface area contributed by atoms with E-state index in [9.17, 15) is 4.79 Å². The number of rotatable bonds is 6. The molecule has 0 aromatic heterocycles. The summed E-state index contributed by atoms with van der Waals surface area (Å²) in [5.74, 6) is 0.143. The summed E-state index contributed by atoms with van der Waals surface area (Å²) >= 11 is 0. The van der Waals surface area contributed by atoms with Gasteiger partial charge < -0.3 is 15.4 Å². The van der Waals surface area contributed by atoms with Crippen molar-refractivity contribution in [1.29, 1.82) is 0 Å². The van der Waals surface area contributed by atoms with Crippen molar-refractivity contribution < 1.29 is 9.53 Å². The number of amides is 1. The number of hydrogen-bond donors (Lipinski definition) is 2. The average Bonchev–Trinajstić information content (AvgIpc) is 2.29. The first-order valence-electron chi connectivity index (χ1n) is 6.33. The van der Waals surface area contributed by atoms with E-state index < -0.39 is 0 Å². The lowest BCUT2D eigenvalue weighted by Crippen LogP contribution is -2.46. The molecular formula is C12H24N2O2. The molecule has 1 amide bonds. The molecule has 1 aliphatic rings. The van der Waals surface area contributed by atoms with Crippen LogP contribution in [0.2, 0.25) is 0 Å². The van der Waals surface area contributed by atoms with E-state index >= 15 is 0 Å². The van der Waals surface area contributed by atoms with Crippen molar-refractivity contribution in [3.05, 3.63) is 0 Å². The Hall–Kier alpha value is -0.610. The summed E-state index contributed by atoms with van der Waals surface area (Å²) in [5, 5.41) is 6.18. The highest BCUT2D eigenvalue weighted by atomic mass is 16.5. The molecule has 1 saturated heterocycles. The minimum Gasteiger partial charge on any atom is -0.379 e. The molecule has 16 heavy (non-hydrogen) atoms. The van der Waals surface area contributed by atoms with E-state index in [4.69, 9.17) is 4.74 Å². The molecule has 1 atom stereocenters. The molecule has 1 unspecified atom stereocenters. The predicted molar refractivity (Wildman–Crippen MR) is 64.4 cm³/mol. The number of piperidine rings is 1. The zero-order valence-electron chi connectivity index (χ0n) is 10.4. The molecule has 0 bridgehead atoms. The molecular weight excluding hydrogens is 204 g/mol. The van der Waals surface area contributed by atoms with Crippen molar-refractivity contribution in [2.24, 2.45) is 0 Å². The van der Waals surface area contributed by atoms with E-state index in [1.54, 1.807) is 0 Å². The van der Waals surface area contributed by atoms with E-state index in [-0.39, 0.29) is 18.1 Å². The van der Waals surface area contributed by atoms with Crippen LogP contribution in [0.4, 0.5) is 0 Å². The lowest BCUT2D eigenvalue weighted by Gasteiger charge is -2.22. The number of hydrogen-bond acceptors (Lipinski definition) is 3. The Morgan fingerprint density at radius 2 is 2.31 bits per heavy atom.